The van der Waals surface area contributed by atoms with E-state index in [1.165, 1.54) is 12.2 Å². The summed E-state index contributed by atoms with van der Waals surface area (Å²) >= 11 is 0. The summed E-state index contributed by atoms with van der Waals surface area (Å²) in [5.41, 5.74) is -0.0798. The van der Waals surface area contributed by atoms with Crippen molar-refractivity contribution in [3.63, 3.8) is 0 Å². The van der Waals surface area contributed by atoms with Crippen LogP contribution in [-0.2, 0) is 23.8 Å². The van der Waals surface area contributed by atoms with E-state index in [4.69, 9.17) is 19.3 Å². The highest BCUT2D eigenvalue weighted by atomic mass is 16.6. The van der Waals surface area contributed by atoms with Crippen molar-refractivity contribution in [3.8, 4) is 0 Å². The lowest BCUT2D eigenvalue weighted by atomic mass is 9.76. The third-order valence-electron chi connectivity index (χ3n) is 4.62. The van der Waals surface area contributed by atoms with E-state index in [9.17, 15) is 9.59 Å². The first-order chi connectivity index (χ1) is 12.0. The molecule has 2 rings (SSSR count). The Bertz CT molecular complexity index is 597. The van der Waals surface area contributed by atoms with Crippen LogP contribution in [0.3, 0.4) is 0 Å². The first kappa shape index (κ1) is 19.1. The average Bonchev–Trinajstić information content (AvgIpc) is 3.35. The maximum absolute atomic E-state index is 11.9. The summed E-state index contributed by atoms with van der Waals surface area (Å²) in [6.45, 7) is 2.83. The molecule has 0 bridgehead atoms. The molecule has 0 aromatic heterocycles. The van der Waals surface area contributed by atoms with Crippen molar-refractivity contribution in [2.45, 2.75) is 37.6 Å². The van der Waals surface area contributed by atoms with Gasteiger partial charge in [-0.1, -0.05) is 43.4 Å². The maximum atomic E-state index is 11.9. The highest BCUT2D eigenvalue weighted by molar-refractivity contribution is 5.82. The quantitative estimate of drug-likeness (QED) is 0.329. The largest absolute Gasteiger partial charge is 0.478 e. The fourth-order valence-electron chi connectivity index (χ4n) is 3.10. The number of ether oxygens (including phenoxy) is 3. The number of epoxide rings is 1. The van der Waals surface area contributed by atoms with E-state index >= 15 is 0 Å². The maximum Gasteiger partial charge on any atom is 0.331 e. The van der Waals surface area contributed by atoms with Gasteiger partial charge in [0.15, 0.2) is 0 Å². The number of carbonyl (C=O) groups excluding carboxylic acids is 1. The number of carboxylic acid groups (broad SMARTS) is 1. The Morgan fingerprint density at radius 1 is 1.12 bits per heavy atom. The van der Waals surface area contributed by atoms with Crippen LogP contribution >= 0.6 is 0 Å². The molecule has 1 saturated heterocycles. The van der Waals surface area contributed by atoms with Crippen LogP contribution in [0, 0.1) is 5.92 Å². The summed E-state index contributed by atoms with van der Waals surface area (Å²) in [6.07, 6.45) is 13.2. The van der Waals surface area contributed by atoms with Gasteiger partial charge in [-0.3, -0.25) is 0 Å². The second kappa shape index (κ2) is 8.78. The molecule has 0 unspecified atom stereocenters. The monoisotopic (exact) mass is 348 g/mol. The molecule has 1 aliphatic heterocycles. The van der Waals surface area contributed by atoms with E-state index in [1.54, 1.807) is 37.5 Å². The van der Waals surface area contributed by atoms with Crippen LogP contribution in [0.5, 0.6) is 0 Å². The van der Waals surface area contributed by atoms with E-state index < -0.39 is 11.9 Å². The third-order valence-corrected chi connectivity index (χ3v) is 4.62. The van der Waals surface area contributed by atoms with Gasteiger partial charge in [-0.15, -0.1) is 0 Å². The summed E-state index contributed by atoms with van der Waals surface area (Å²) in [5.74, 6) is -1.22. The van der Waals surface area contributed by atoms with Crippen molar-refractivity contribution < 1.29 is 28.9 Å². The Labute approximate surface area is 147 Å². The number of rotatable bonds is 7. The standard InChI is InChI=1S/C19H24O6/c1-14-18(23-2)15(11-12-19(14)13-24-19)25-17(22)10-8-6-4-3-5-7-9-16(20)21/h3-10,14-15,18H,11-13H2,1-2H3,(H,20,21)/t14-,15+,18-,19-/m0/s1. The highest BCUT2D eigenvalue weighted by Gasteiger charge is 2.57. The molecule has 0 aromatic rings. The third kappa shape index (κ3) is 5.41. The van der Waals surface area contributed by atoms with Crippen molar-refractivity contribution in [2.24, 2.45) is 5.92 Å². The molecule has 1 aliphatic carbocycles. The molecular weight excluding hydrogens is 324 g/mol. The van der Waals surface area contributed by atoms with Crippen molar-refractivity contribution in [2.75, 3.05) is 13.7 Å². The lowest BCUT2D eigenvalue weighted by molar-refractivity contribution is -0.160. The normalized spacial score (nSPS) is 32.3. The molecule has 6 heteroatoms. The molecule has 1 N–H and O–H groups in total. The number of carbonyl (C=O) groups is 2. The summed E-state index contributed by atoms with van der Waals surface area (Å²) in [6, 6.07) is 0. The summed E-state index contributed by atoms with van der Waals surface area (Å²) < 4.78 is 16.6. The highest BCUT2D eigenvalue weighted by Crippen LogP contribution is 2.47. The fourth-order valence-corrected chi connectivity index (χ4v) is 3.10. The van der Waals surface area contributed by atoms with Gasteiger partial charge in [0.25, 0.3) is 0 Å². The van der Waals surface area contributed by atoms with Crippen molar-refractivity contribution in [1.29, 1.82) is 0 Å². The van der Waals surface area contributed by atoms with Crippen LogP contribution in [0.1, 0.15) is 19.8 Å². The minimum Gasteiger partial charge on any atom is -0.478 e. The van der Waals surface area contributed by atoms with Crippen LogP contribution in [0.2, 0.25) is 0 Å². The number of aliphatic carboxylic acids is 1. The zero-order valence-electron chi connectivity index (χ0n) is 14.5. The van der Waals surface area contributed by atoms with Gasteiger partial charge < -0.3 is 19.3 Å². The molecule has 25 heavy (non-hydrogen) atoms. The lowest BCUT2D eigenvalue weighted by Gasteiger charge is -2.38. The number of hydrogen-bond acceptors (Lipinski definition) is 5. The van der Waals surface area contributed by atoms with Gasteiger partial charge in [0.1, 0.15) is 6.10 Å². The predicted molar refractivity (Wildman–Crippen MR) is 92.0 cm³/mol. The van der Waals surface area contributed by atoms with E-state index in [1.807, 2.05) is 0 Å². The Hall–Kier alpha value is -2.18. The van der Waals surface area contributed by atoms with Crippen LogP contribution in [0.4, 0.5) is 0 Å². The van der Waals surface area contributed by atoms with Crippen molar-refractivity contribution in [3.05, 3.63) is 48.6 Å². The molecule has 136 valence electrons. The van der Waals surface area contributed by atoms with Crippen LogP contribution < -0.4 is 0 Å². The van der Waals surface area contributed by atoms with Gasteiger partial charge in [0.2, 0.25) is 0 Å². The molecule has 0 amide bonds. The SMILES string of the molecule is CO[C@@H]1[C@H](OC(=O)C=CC=CC=CC=CC(=O)O)CC[C@]2(CO2)[C@H]1C. The Morgan fingerprint density at radius 2 is 1.72 bits per heavy atom. The number of carboxylic acids is 1. The van der Waals surface area contributed by atoms with Gasteiger partial charge in [-0.25, -0.2) is 9.59 Å². The second-order valence-corrected chi connectivity index (χ2v) is 6.18. The second-order valence-electron chi connectivity index (χ2n) is 6.18. The molecule has 4 atom stereocenters. The van der Waals surface area contributed by atoms with Gasteiger partial charge in [-0.2, -0.15) is 0 Å². The van der Waals surface area contributed by atoms with Crippen LogP contribution in [0.15, 0.2) is 48.6 Å². The molecule has 1 saturated carbocycles. The summed E-state index contributed by atoms with van der Waals surface area (Å²) in [7, 11) is 1.63. The van der Waals surface area contributed by atoms with Gasteiger partial charge in [-0.05, 0) is 12.8 Å². The number of allylic oxidation sites excluding steroid dienone is 6. The number of esters is 1. The minimum atomic E-state index is -0.998. The van der Waals surface area contributed by atoms with Crippen molar-refractivity contribution in [1.82, 2.24) is 0 Å². The smallest absolute Gasteiger partial charge is 0.331 e. The van der Waals surface area contributed by atoms with Crippen LogP contribution in [0.25, 0.3) is 0 Å². The zero-order valence-corrected chi connectivity index (χ0v) is 14.5. The molecule has 2 fully saturated rings. The first-order valence-electron chi connectivity index (χ1n) is 8.27. The molecule has 1 heterocycles. The van der Waals surface area contributed by atoms with E-state index in [0.29, 0.717) is 0 Å². The van der Waals surface area contributed by atoms with E-state index in [-0.39, 0.29) is 23.7 Å². The molecule has 2 aliphatic rings. The molecule has 1 spiro atoms. The molecule has 0 aromatic carbocycles. The molecule has 0 radical (unpaired) electrons. The Morgan fingerprint density at radius 3 is 2.28 bits per heavy atom. The van der Waals surface area contributed by atoms with Crippen LogP contribution in [-0.4, -0.2) is 48.6 Å². The predicted octanol–water partition coefficient (Wildman–Crippen LogP) is 2.42. The average molecular weight is 348 g/mol. The Balaban J connectivity index is 1.78. The van der Waals surface area contributed by atoms with E-state index in [2.05, 4.69) is 6.92 Å². The van der Waals surface area contributed by atoms with Gasteiger partial charge in [0.05, 0.1) is 18.3 Å². The molecule has 6 nitrogen and oxygen atoms in total. The first-order valence-corrected chi connectivity index (χ1v) is 8.27. The van der Waals surface area contributed by atoms with Gasteiger partial charge in [0, 0.05) is 25.2 Å². The van der Waals surface area contributed by atoms with Gasteiger partial charge >= 0.3 is 11.9 Å². The number of hydrogen-bond donors (Lipinski definition) is 1. The Kier molecular flexibility index (Phi) is 6.73. The lowest BCUT2D eigenvalue weighted by Crippen LogP contribution is -2.48. The summed E-state index contributed by atoms with van der Waals surface area (Å²) in [5, 5.41) is 8.42. The minimum absolute atomic E-state index is 0.0798. The number of methoxy groups -OCH3 is 1. The summed E-state index contributed by atoms with van der Waals surface area (Å²) in [4.78, 5) is 22.2. The fraction of sp³-hybridized carbons (Fsp3) is 0.474. The molecular formula is C19H24O6. The topological polar surface area (TPSA) is 85.4 Å². The zero-order chi connectivity index (χ0) is 18.3. The van der Waals surface area contributed by atoms with Crippen molar-refractivity contribution >= 4 is 11.9 Å². The van der Waals surface area contributed by atoms with E-state index in [0.717, 1.165) is 25.5 Å².